The van der Waals surface area contributed by atoms with Gasteiger partial charge in [-0.2, -0.15) is 0 Å². The molecule has 20 heavy (non-hydrogen) atoms. The first kappa shape index (κ1) is 14.2. The number of nitrogens with one attached hydrogen (secondary N) is 1. The third kappa shape index (κ3) is 4.48. The topological polar surface area (TPSA) is 41.5 Å². The summed E-state index contributed by atoms with van der Waals surface area (Å²) in [5, 5.41) is 3.94. The lowest BCUT2D eigenvalue weighted by molar-refractivity contribution is 0.589. The standard InChI is InChI=1S/C16H16N2OS/c1-14-9-11-16(12-10-14)20(19)18-17-13-5-8-15-6-3-2-4-7-15/h2-13H,1H3,(H,18,19)/p+1. The molecule has 0 amide bonds. The van der Waals surface area contributed by atoms with E-state index in [0.29, 0.717) is 0 Å². The first-order valence-corrected chi connectivity index (χ1v) is 7.56. The summed E-state index contributed by atoms with van der Waals surface area (Å²) in [6, 6.07) is 17.5. The van der Waals surface area contributed by atoms with E-state index in [4.69, 9.17) is 0 Å². The Morgan fingerprint density at radius 2 is 1.75 bits per heavy atom. The average molecular weight is 285 g/mol. The maximum Gasteiger partial charge on any atom is 0.213 e. The fourth-order valence-corrected chi connectivity index (χ4v) is 2.29. The van der Waals surface area contributed by atoms with E-state index >= 15 is 0 Å². The van der Waals surface area contributed by atoms with Crippen LogP contribution >= 0.6 is 0 Å². The number of hydrogen-bond donors (Lipinski definition) is 1. The Hall–Kier alpha value is -2.20. The maximum atomic E-state index is 11.9. The number of benzene rings is 2. The smallest absolute Gasteiger partial charge is 0.144 e. The van der Waals surface area contributed by atoms with Gasteiger partial charge in [0.15, 0.2) is 4.90 Å². The SMILES string of the molecule is Cc1ccc([SH+](=O)NN=CC=Cc2ccccc2)cc1. The van der Waals surface area contributed by atoms with E-state index in [1.54, 1.807) is 12.3 Å². The van der Waals surface area contributed by atoms with E-state index in [0.717, 1.165) is 16.0 Å². The summed E-state index contributed by atoms with van der Waals surface area (Å²) in [5.74, 6) is 0. The van der Waals surface area contributed by atoms with Gasteiger partial charge < -0.3 is 0 Å². The van der Waals surface area contributed by atoms with Crippen LogP contribution in [-0.4, -0.2) is 6.21 Å². The molecule has 0 bridgehead atoms. The predicted molar refractivity (Wildman–Crippen MR) is 86.0 cm³/mol. The van der Waals surface area contributed by atoms with Crippen molar-refractivity contribution in [1.82, 2.24) is 4.83 Å². The molecular formula is C16H17N2OS+. The highest BCUT2D eigenvalue weighted by Gasteiger charge is 2.06. The van der Waals surface area contributed by atoms with Gasteiger partial charge in [0.05, 0.1) is 6.21 Å². The quantitative estimate of drug-likeness (QED) is 0.389. The van der Waals surface area contributed by atoms with E-state index in [-0.39, 0.29) is 0 Å². The summed E-state index contributed by atoms with van der Waals surface area (Å²) in [5.41, 5.74) is 2.24. The Labute approximate surface area is 121 Å². The number of hydrazone groups is 1. The fourth-order valence-electron chi connectivity index (χ4n) is 1.58. The van der Waals surface area contributed by atoms with Gasteiger partial charge in [-0.1, -0.05) is 58.3 Å². The van der Waals surface area contributed by atoms with E-state index in [9.17, 15) is 4.21 Å². The van der Waals surface area contributed by atoms with Crippen LogP contribution in [0, 0.1) is 6.92 Å². The van der Waals surface area contributed by atoms with Gasteiger partial charge in [0.2, 0.25) is 11.0 Å². The van der Waals surface area contributed by atoms with Crippen molar-refractivity contribution in [3.63, 3.8) is 0 Å². The van der Waals surface area contributed by atoms with Crippen LogP contribution in [-0.2, 0) is 15.2 Å². The number of rotatable bonds is 5. The van der Waals surface area contributed by atoms with Gasteiger partial charge in [-0.05, 0) is 30.7 Å². The largest absolute Gasteiger partial charge is 0.213 e. The molecule has 2 rings (SSSR count). The van der Waals surface area contributed by atoms with Crippen LogP contribution in [0.1, 0.15) is 11.1 Å². The minimum absolute atomic E-state index is 0.745. The molecule has 0 radical (unpaired) electrons. The fraction of sp³-hybridized carbons (Fsp3) is 0.0625. The van der Waals surface area contributed by atoms with E-state index in [2.05, 4.69) is 9.93 Å². The molecule has 0 fully saturated rings. The molecule has 102 valence electrons. The molecule has 4 heteroatoms. The molecule has 0 saturated carbocycles. The molecule has 0 aromatic heterocycles. The van der Waals surface area contributed by atoms with Crippen molar-refractivity contribution < 1.29 is 4.21 Å². The lowest BCUT2D eigenvalue weighted by Gasteiger charge is -1.94. The number of aryl methyl sites for hydroxylation is 1. The minimum atomic E-state index is -1.69. The van der Waals surface area contributed by atoms with Gasteiger partial charge in [0.1, 0.15) is 0 Å². The predicted octanol–water partition coefficient (Wildman–Crippen LogP) is 3.25. The summed E-state index contributed by atoms with van der Waals surface area (Å²) in [4.78, 5) is 3.38. The highest BCUT2D eigenvalue weighted by Crippen LogP contribution is 2.06. The van der Waals surface area contributed by atoms with Crippen molar-refractivity contribution in [2.75, 3.05) is 0 Å². The van der Waals surface area contributed by atoms with Crippen LogP contribution in [0.5, 0.6) is 0 Å². The number of thiol groups is 1. The van der Waals surface area contributed by atoms with Crippen LogP contribution in [0.3, 0.4) is 0 Å². The second kappa shape index (κ2) is 7.40. The lowest BCUT2D eigenvalue weighted by Crippen LogP contribution is -2.09. The van der Waals surface area contributed by atoms with Crippen LogP contribution < -0.4 is 4.83 Å². The highest BCUT2D eigenvalue weighted by molar-refractivity contribution is 7.83. The Kier molecular flexibility index (Phi) is 5.26. The average Bonchev–Trinajstić information content (AvgIpc) is 2.48. The van der Waals surface area contributed by atoms with Gasteiger partial charge >= 0.3 is 0 Å². The van der Waals surface area contributed by atoms with E-state index < -0.39 is 11.0 Å². The third-order valence-corrected chi connectivity index (χ3v) is 3.73. The first-order chi connectivity index (χ1) is 9.75. The zero-order valence-corrected chi connectivity index (χ0v) is 12.1. The van der Waals surface area contributed by atoms with Crippen molar-refractivity contribution in [1.29, 1.82) is 0 Å². The van der Waals surface area contributed by atoms with Gasteiger partial charge in [0.25, 0.3) is 0 Å². The summed E-state index contributed by atoms with van der Waals surface area (Å²) in [7, 11) is -1.69. The Morgan fingerprint density at radius 3 is 2.45 bits per heavy atom. The minimum Gasteiger partial charge on any atom is -0.144 e. The molecule has 1 unspecified atom stereocenters. The first-order valence-electron chi connectivity index (χ1n) is 6.30. The molecule has 1 N–H and O–H groups in total. The Balaban J connectivity index is 1.86. The number of allylic oxidation sites excluding steroid dienone is 1. The van der Waals surface area contributed by atoms with Crippen molar-refractivity contribution in [2.45, 2.75) is 11.8 Å². The molecule has 3 nitrogen and oxygen atoms in total. The second-order valence-electron chi connectivity index (χ2n) is 4.28. The van der Waals surface area contributed by atoms with Crippen molar-refractivity contribution in [3.8, 4) is 0 Å². The monoisotopic (exact) mass is 285 g/mol. The third-order valence-electron chi connectivity index (χ3n) is 2.67. The summed E-state index contributed by atoms with van der Waals surface area (Å²) in [6.07, 6.45) is 5.33. The molecule has 0 aliphatic carbocycles. The molecule has 2 aromatic rings. The van der Waals surface area contributed by atoms with Gasteiger partial charge in [0, 0.05) is 0 Å². The molecule has 1 atom stereocenters. The Morgan fingerprint density at radius 1 is 1.05 bits per heavy atom. The van der Waals surface area contributed by atoms with Crippen LogP contribution in [0.25, 0.3) is 6.08 Å². The van der Waals surface area contributed by atoms with Crippen LogP contribution in [0.4, 0.5) is 0 Å². The molecule has 0 aliphatic heterocycles. The Bertz CT molecular complexity index is 619. The summed E-state index contributed by atoms with van der Waals surface area (Å²) >= 11 is 0. The maximum absolute atomic E-state index is 11.9. The van der Waals surface area contributed by atoms with Crippen molar-refractivity contribution in [3.05, 3.63) is 71.8 Å². The molecule has 0 aliphatic rings. The summed E-state index contributed by atoms with van der Waals surface area (Å²) in [6.45, 7) is 2.00. The zero-order valence-electron chi connectivity index (χ0n) is 11.2. The van der Waals surface area contributed by atoms with Gasteiger partial charge in [-0.25, -0.2) is 0 Å². The summed E-state index contributed by atoms with van der Waals surface area (Å²) < 4.78 is 11.9. The van der Waals surface area contributed by atoms with E-state index in [1.807, 2.05) is 67.6 Å². The van der Waals surface area contributed by atoms with Crippen LogP contribution in [0.15, 0.2) is 70.7 Å². The highest BCUT2D eigenvalue weighted by atomic mass is 32.2. The number of nitrogens with zero attached hydrogens (tertiary/aromatic N) is 1. The van der Waals surface area contributed by atoms with Gasteiger partial charge in [-0.15, -0.1) is 9.93 Å². The molecule has 0 spiro atoms. The molecule has 2 aromatic carbocycles. The molecule has 0 saturated heterocycles. The second-order valence-corrected chi connectivity index (χ2v) is 5.58. The normalized spacial score (nSPS) is 12.8. The van der Waals surface area contributed by atoms with E-state index in [1.165, 1.54) is 0 Å². The molecular weight excluding hydrogens is 268 g/mol. The molecule has 0 heterocycles. The zero-order chi connectivity index (χ0) is 14.2. The van der Waals surface area contributed by atoms with Crippen molar-refractivity contribution in [2.24, 2.45) is 5.10 Å². The lowest BCUT2D eigenvalue weighted by atomic mass is 10.2. The number of hydrogen-bond acceptors (Lipinski definition) is 2. The van der Waals surface area contributed by atoms with Gasteiger partial charge in [-0.3, -0.25) is 0 Å². The van der Waals surface area contributed by atoms with Crippen LogP contribution in [0.2, 0.25) is 0 Å². The van der Waals surface area contributed by atoms with Crippen molar-refractivity contribution >= 4 is 23.3 Å².